The molecule has 0 aromatic heterocycles. The number of halogens is 1. The number of rotatable bonds is 6. The standard InChI is InChI=1S/C13H15BrN2O/c1-2-16(8-4-7-15)10-13(17)11-5-3-6-12(14)9-11/h3,5-6,9H,2,4,8,10H2,1H3. The zero-order chi connectivity index (χ0) is 12.7. The molecule has 1 aromatic carbocycles. The largest absolute Gasteiger partial charge is 0.295 e. The summed E-state index contributed by atoms with van der Waals surface area (Å²) in [6, 6.07) is 9.47. The van der Waals surface area contributed by atoms with Crippen molar-refractivity contribution in [3.8, 4) is 6.07 Å². The van der Waals surface area contributed by atoms with Crippen molar-refractivity contribution in [3.05, 3.63) is 34.3 Å². The van der Waals surface area contributed by atoms with Crippen LogP contribution >= 0.6 is 15.9 Å². The molecule has 0 saturated heterocycles. The molecule has 0 saturated carbocycles. The maximum absolute atomic E-state index is 12.0. The Morgan fingerprint density at radius 1 is 1.53 bits per heavy atom. The molecule has 1 rings (SSSR count). The number of likely N-dealkylation sites (N-methyl/N-ethyl adjacent to an activating group) is 1. The molecular weight excluding hydrogens is 280 g/mol. The fourth-order valence-electron chi connectivity index (χ4n) is 1.51. The van der Waals surface area contributed by atoms with Crippen molar-refractivity contribution in [2.75, 3.05) is 19.6 Å². The molecule has 0 bridgehead atoms. The van der Waals surface area contributed by atoms with Crippen molar-refractivity contribution in [1.82, 2.24) is 4.90 Å². The Balaban J connectivity index is 2.61. The van der Waals surface area contributed by atoms with Gasteiger partial charge in [0.2, 0.25) is 0 Å². The van der Waals surface area contributed by atoms with Crippen molar-refractivity contribution in [2.45, 2.75) is 13.3 Å². The van der Waals surface area contributed by atoms with E-state index in [4.69, 9.17) is 5.26 Å². The molecule has 0 radical (unpaired) electrons. The topological polar surface area (TPSA) is 44.1 Å². The molecule has 0 aliphatic rings. The first kappa shape index (κ1) is 13.9. The molecule has 0 unspecified atom stereocenters. The molecule has 0 heterocycles. The van der Waals surface area contributed by atoms with Gasteiger partial charge in [0.05, 0.1) is 12.6 Å². The zero-order valence-electron chi connectivity index (χ0n) is 9.82. The molecule has 0 aliphatic heterocycles. The van der Waals surface area contributed by atoms with Gasteiger partial charge in [0.1, 0.15) is 0 Å². The molecule has 3 nitrogen and oxygen atoms in total. The van der Waals surface area contributed by atoms with Crippen molar-refractivity contribution in [2.24, 2.45) is 0 Å². The number of hydrogen-bond acceptors (Lipinski definition) is 3. The highest BCUT2D eigenvalue weighted by Gasteiger charge is 2.11. The molecule has 0 N–H and O–H groups in total. The highest BCUT2D eigenvalue weighted by Crippen LogP contribution is 2.12. The van der Waals surface area contributed by atoms with Crippen LogP contribution < -0.4 is 0 Å². The number of carbonyl (C=O) groups excluding carboxylic acids is 1. The van der Waals surface area contributed by atoms with Crippen LogP contribution in [-0.4, -0.2) is 30.3 Å². The number of hydrogen-bond donors (Lipinski definition) is 0. The first-order valence-electron chi connectivity index (χ1n) is 5.55. The third kappa shape index (κ3) is 4.68. The summed E-state index contributed by atoms with van der Waals surface area (Å²) in [6.07, 6.45) is 0.458. The molecule has 4 heteroatoms. The van der Waals surface area contributed by atoms with Crippen LogP contribution in [0.3, 0.4) is 0 Å². The summed E-state index contributed by atoms with van der Waals surface area (Å²) in [5.41, 5.74) is 0.704. The SMILES string of the molecule is CCN(CCC#N)CC(=O)c1cccc(Br)c1. The smallest absolute Gasteiger partial charge is 0.176 e. The molecule has 0 atom stereocenters. The summed E-state index contributed by atoms with van der Waals surface area (Å²) in [5.74, 6) is 0.0890. The summed E-state index contributed by atoms with van der Waals surface area (Å²) < 4.78 is 0.906. The Kier molecular flexibility index (Phi) is 5.88. The van der Waals surface area contributed by atoms with Crippen LogP contribution in [-0.2, 0) is 0 Å². The van der Waals surface area contributed by atoms with E-state index in [1.54, 1.807) is 0 Å². The van der Waals surface area contributed by atoms with Gasteiger partial charge in [-0.25, -0.2) is 0 Å². The van der Waals surface area contributed by atoms with Gasteiger partial charge in [0.15, 0.2) is 5.78 Å². The van der Waals surface area contributed by atoms with Gasteiger partial charge in [0, 0.05) is 23.0 Å². The van der Waals surface area contributed by atoms with E-state index in [0.29, 0.717) is 25.1 Å². The molecule has 0 fully saturated rings. The van der Waals surface area contributed by atoms with E-state index in [9.17, 15) is 4.79 Å². The maximum Gasteiger partial charge on any atom is 0.176 e. The summed E-state index contributed by atoms with van der Waals surface area (Å²) in [6.45, 7) is 3.79. The lowest BCUT2D eigenvalue weighted by Crippen LogP contribution is -2.30. The molecule has 17 heavy (non-hydrogen) atoms. The second-order valence-corrected chi connectivity index (χ2v) is 4.63. The maximum atomic E-state index is 12.0. The average molecular weight is 295 g/mol. The first-order valence-corrected chi connectivity index (χ1v) is 6.34. The van der Waals surface area contributed by atoms with Gasteiger partial charge >= 0.3 is 0 Å². The lowest BCUT2D eigenvalue weighted by atomic mass is 10.1. The van der Waals surface area contributed by atoms with E-state index in [-0.39, 0.29) is 5.78 Å². The minimum Gasteiger partial charge on any atom is -0.295 e. The van der Waals surface area contributed by atoms with Gasteiger partial charge in [-0.05, 0) is 18.7 Å². The van der Waals surface area contributed by atoms with E-state index in [0.717, 1.165) is 11.0 Å². The highest BCUT2D eigenvalue weighted by molar-refractivity contribution is 9.10. The summed E-state index contributed by atoms with van der Waals surface area (Å²) in [5, 5.41) is 8.53. The minimum atomic E-state index is 0.0890. The van der Waals surface area contributed by atoms with Gasteiger partial charge in [0.25, 0.3) is 0 Å². The van der Waals surface area contributed by atoms with Crippen LogP contribution in [0.5, 0.6) is 0 Å². The average Bonchev–Trinajstić information content (AvgIpc) is 2.34. The first-order chi connectivity index (χ1) is 8.17. The summed E-state index contributed by atoms with van der Waals surface area (Å²) in [4.78, 5) is 14.0. The van der Waals surface area contributed by atoms with Gasteiger partial charge < -0.3 is 0 Å². The third-order valence-electron chi connectivity index (χ3n) is 2.50. The number of benzene rings is 1. The fourth-order valence-corrected chi connectivity index (χ4v) is 1.91. The Morgan fingerprint density at radius 3 is 2.88 bits per heavy atom. The number of ketones is 1. The third-order valence-corrected chi connectivity index (χ3v) is 2.99. The van der Waals surface area contributed by atoms with Crippen LogP contribution in [0.15, 0.2) is 28.7 Å². The zero-order valence-corrected chi connectivity index (χ0v) is 11.4. The lowest BCUT2D eigenvalue weighted by Gasteiger charge is -2.17. The predicted molar refractivity (Wildman–Crippen MR) is 70.8 cm³/mol. The highest BCUT2D eigenvalue weighted by atomic mass is 79.9. The predicted octanol–water partition coefficient (Wildman–Crippen LogP) is 2.87. The Labute approximate surface area is 110 Å². The molecule has 90 valence electrons. The normalized spacial score (nSPS) is 10.2. The molecule has 0 amide bonds. The van der Waals surface area contributed by atoms with E-state index < -0.39 is 0 Å². The van der Waals surface area contributed by atoms with Crippen LogP contribution in [0.25, 0.3) is 0 Å². The fraction of sp³-hybridized carbons (Fsp3) is 0.385. The van der Waals surface area contributed by atoms with Gasteiger partial charge in [-0.3, -0.25) is 9.69 Å². The lowest BCUT2D eigenvalue weighted by molar-refractivity contribution is 0.0935. The number of nitrogens with zero attached hydrogens (tertiary/aromatic N) is 2. The Bertz CT molecular complexity index is 426. The Morgan fingerprint density at radius 2 is 2.29 bits per heavy atom. The van der Waals surface area contributed by atoms with Crippen LogP contribution in [0.2, 0.25) is 0 Å². The molecule has 1 aromatic rings. The second-order valence-electron chi connectivity index (χ2n) is 3.71. The van der Waals surface area contributed by atoms with Crippen LogP contribution in [0.4, 0.5) is 0 Å². The van der Waals surface area contributed by atoms with Crippen molar-refractivity contribution < 1.29 is 4.79 Å². The van der Waals surface area contributed by atoms with Crippen LogP contribution in [0.1, 0.15) is 23.7 Å². The minimum absolute atomic E-state index is 0.0890. The van der Waals surface area contributed by atoms with Crippen molar-refractivity contribution in [1.29, 1.82) is 5.26 Å². The van der Waals surface area contributed by atoms with E-state index in [1.165, 1.54) is 0 Å². The molecular formula is C13H15BrN2O. The monoisotopic (exact) mass is 294 g/mol. The van der Waals surface area contributed by atoms with Gasteiger partial charge in [-0.15, -0.1) is 0 Å². The summed E-state index contributed by atoms with van der Waals surface area (Å²) >= 11 is 3.35. The molecule has 0 spiro atoms. The second kappa shape index (κ2) is 7.21. The van der Waals surface area contributed by atoms with Crippen LogP contribution in [0, 0.1) is 11.3 Å². The summed E-state index contributed by atoms with van der Waals surface area (Å²) in [7, 11) is 0. The quantitative estimate of drug-likeness (QED) is 0.758. The van der Waals surface area contributed by atoms with Gasteiger partial charge in [-0.2, -0.15) is 5.26 Å². The number of carbonyl (C=O) groups is 1. The van der Waals surface area contributed by atoms with E-state index in [1.807, 2.05) is 36.1 Å². The number of Topliss-reactive ketones (excluding diaryl/α,β-unsaturated/α-hetero) is 1. The van der Waals surface area contributed by atoms with E-state index in [2.05, 4.69) is 22.0 Å². The number of nitriles is 1. The molecule has 0 aliphatic carbocycles. The Hall–Kier alpha value is -1.18. The van der Waals surface area contributed by atoms with Crippen molar-refractivity contribution >= 4 is 21.7 Å². The van der Waals surface area contributed by atoms with Crippen molar-refractivity contribution in [3.63, 3.8) is 0 Å². The van der Waals surface area contributed by atoms with E-state index >= 15 is 0 Å². The van der Waals surface area contributed by atoms with Gasteiger partial charge in [-0.1, -0.05) is 35.0 Å².